The highest BCUT2D eigenvalue weighted by molar-refractivity contribution is 7.14. The number of fused-ring (bicyclic) bond motifs is 1. The van der Waals surface area contributed by atoms with Crippen molar-refractivity contribution in [1.82, 2.24) is 10.3 Å². The number of hydrogen-bond donors (Lipinski definition) is 2. The summed E-state index contributed by atoms with van der Waals surface area (Å²) in [5.74, 6) is 0.782. The fourth-order valence-electron chi connectivity index (χ4n) is 3.90. The standard InChI is InChI=1S/C20H23N3O3S/c1-12(24)21-18(13-4-2-3-5-13)19(25)23-20-22-16(11-27-20)14-6-7-17-15(10-14)8-9-26-17/h6-7,10-11,13,18H,2-5,8-9H2,1H3,(H,21,24)(H,22,23,25). The number of rotatable bonds is 5. The van der Waals surface area contributed by atoms with Crippen molar-refractivity contribution in [2.45, 2.75) is 45.1 Å². The molecule has 1 fully saturated rings. The maximum absolute atomic E-state index is 12.8. The smallest absolute Gasteiger partial charge is 0.249 e. The Morgan fingerprint density at radius 2 is 2.11 bits per heavy atom. The molecule has 1 aromatic carbocycles. The molecule has 2 N–H and O–H groups in total. The first kappa shape index (κ1) is 18.0. The van der Waals surface area contributed by atoms with Crippen molar-refractivity contribution < 1.29 is 14.3 Å². The molecular formula is C20H23N3O3S. The Kier molecular flexibility index (Phi) is 5.11. The van der Waals surface area contributed by atoms with E-state index in [4.69, 9.17) is 4.74 Å². The highest BCUT2D eigenvalue weighted by Crippen LogP contribution is 2.32. The molecule has 0 radical (unpaired) electrons. The van der Waals surface area contributed by atoms with Gasteiger partial charge in [0.05, 0.1) is 12.3 Å². The molecule has 0 spiro atoms. The van der Waals surface area contributed by atoms with Crippen LogP contribution in [-0.4, -0.2) is 29.4 Å². The minimum absolute atomic E-state index is 0.178. The molecule has 6 nitrogen and oxygen atoms in total. The summed E-state index contributed by atoms with van der Waals surface area (Å²) in [5, 5.41) is 8.21. The van der Waals surface area contributed by atoms with E-state index in [1.165, 1.54) is 23.8 Å². The van der Waals surface area contributed by atoms with E-state index < -0.39 is 6.04 Å². The van der Waals surface area contributed by atoms with Crippen LogP contribution in [0, 0.1) is 5.92 Å². The Morgan fingerprint density at radius 1 is 1.30 bits per heavy atom. The first-order valence-corrected chi connectivity index (χ1v) is 10.3. The van der Waals surface area contributed by atoms with E-state index in [2.05, 4.69) is 21.7 Å². The van der Waals surface area contributed by atoms with E-state index >= 15 is 0 Å². The number of benzene rings is 1. The van der Waals surface area contributed by atoms with Gasteiger partial charge in [0, 0.05) is 24.3 Å². The van der Waals surface area contributed by atoms with Crippen LogP contribution < -0.4 is 15.4 Å². The third-order valence-corrected chi connectivity index (χ3v) is 5.99. The molecule has 27 heavy (non-hydrogen) atoms. The van der Waals surface area contributed by atoms with E-state index in [1.54, 1.807) is 0 Å². The Labute approximate surface area is 162 Å². The molecule has 1 aliphatic carbocycles. The zero-order valence-electron chi connectivity index (χ0n) is 15.3. The van der Waals surface area contributed by atoms with Crippen LogP contribution in [0.5, 0.6) is 5.75 Å². The molecule has 1 unspecified atom stereocenters. The molecule has 2 aliphatic rings. The van der Waals surface area contributed by atoms with Crippen molar-refractivity contribution in [2.24, 2.45) is 5.92 Å². The molecule has 1 atom stereocenters. The number of nitrogens with zero attached hydrogens (tertiary/aromatic N) is 1. The summed E-state index contributed by atoms with van der Waals surface area (Å²) in [4.78, 5) is 28.9. The van der Waals surface area contributed by atoms with Gasteiger partial charge >= 0.3 is 0 Å². The number of amides is 2. The minimum Gasteiger partial charge on any atom is -0.493 e. The van der Waals surface area contributed by atoms with Crippen molar-refractivity contribution in [3.63, 3.8) is 0 Å². The van der Waals surface area contributed by atoms with Gasteiger partial charge in [-0.05, 0) is 42.5 Å². The second-order valence-electron chi connectivity index (χ2n) is 7.17. The van der Waals surface area contributed by atoms with E-state index in [0.29, 0.717) is 5.13 Å². The van der Waals surface area contributed by atoms with Crippen LogP contribution in [0.2, 0.25) is 0 Å². The van der Waals surface area contributed by atoms with E-state index in [9.17, 15) is 9.59 Å². The van der Waals surface area contributed by atoms with Crippen LogP contribution in [0.3, 0.4) is 0 Å². The molecule has 0 bridgehead atoms. The summed E-state index contributed by atoms with van der Waals surface area (Å²) in [6, 6.07) is 5.57. The molecule has 1 aromatic heterocycles. The summed E-state index contributed by atoms with van der Waals surface area (Å²) in [7, 11) is 0. The quantitative estimate of drug-likeness (QED) is 0.827. The molecule has 7 heteroatoms. The molecule has 2 amide bonds. The fourth-order valence-corrected chi connectivity index (χ4v) is 4.62. The zero-order chi connectivity index (χ0) is 18.8. The molecule has 2 heterocycles. The second-order valence-corrected chi connectivity index (χ2v) is 8.03. The normalized spacial score (nSPS) is 17.2. The van der Waals surface area contributed by atoms with Crippen LogP contribution in [-0.2, 0) is 16.0 Å². The summed E-state index contributed by atoms with van der Waals surface area (Å²) in [5.41, 5.74) is 3.05. The topological polar surface area (TPSA) is 80.3 Å². The average Bonchev–Trinajstić information content (AvgIpc) is 3.39. The molecule has 142 valence electrons. The maximum Gasteiger partial charge on any atom is 0.249 e. The van der Waals surface area contributed by atoms with Gasteiger partial charge in [0.15, 0.2) is 5.13 Å². The molecule has 1 aliphatic heterocycles. The van der Waals surface area contributed by atoms with Gasteiger partial charge in [-0.25, -0.2) is 4.98 Å². The number of carbonyl (C=O) groups is 2. The highest BCUT2D eigenvalue weighted by atomic mass is 32.1. The number of aromatic nitrogens is 1. The molecule has 1 saturated carbocycles. The lowest BCUT2D eigenvalue weighted by molar-refractivity contribution is -0.126. The van der Waals surface area contributed by atoms with Crippen LogP contribution in [0.15, 0.2) is 23.6 Å². The molecular weight excluding hydrogens is 362 g/mol. The lowest BCUT2D eigenvalue weighted by Crippen LogP contribution is -2.47. The van der Waals surface area contributed by atoms with Gasteiger partial charge in [-0.2, -0.15) is 0 Å². The number of anilines is 1. The van der Waals surface area contributed by atoms with Crippen molar-refractivity contribution in [3.8, 4) is 17.0 Å². The van der Waals surface area contributed by atoms with Gasteiger partial charge in [-0.15, -0.1) is 11.3 Å². The largest absolute Gasteiger partial charge is 0.493 e. The third-order valence-electron chi connectivity index (χ3n) is 5.23. The summed E-state index contributed by atoms with van der Waals surface area (Å²) in [6.07, 6.45) is 5.07. The van der Waals surface area contributed by atoms with Crippen LogP contribution >= 0.6 is 11.3 Å². The Balaban J connectivity index is 1.47. The summed E-state index contributed by atoms with van der Waals surface area (Å²) in [6.45, 7) is 2.18. The van der Waals surface area contributed by atoms with Crippen LogP contribution in [0.25, 0.3) is 11.3 Å². The van der Waals surface area contributed by atoms with Crippen molar-refractivity contribution in [3.05, 3.63) is 29.1 Å². The number of ether oxygens (including phenoxy) is 1. The monoisotopic (exact) mass is 385 g/mol. The predicted molar refractivity (Wildman–Crippen MR) is 105 cm³/mol. The Hall–Kier alpha value is -2.41. The molecule has 0 saturated heterocycles. The predicted octanol–water partition coefficient (Wildman–Crippen LogP) is 3.38. The number of carbonyl (C=O) groups excluding carboxylic acids is 2. The zero-order valence-corrected chi connectivity index (χ0v) is 16.1. The van der Waals surface area contributed by atoms with Gasteiger partial charge in [-0.1, -0.05) is 12.8 Å². The van der Waals surface area contributed by atoms with E-state index in [1.807, 2.05) is 17.5 Å². The SMILES string of the molecule is CC(=O)NC(C(=O)Nc1nc(-c2ccc3c(c2)CCO3)cs1)C1CCCC1. The first-order chi connectivity index (χ1) is 13.1. The van der Waals surface area contributed by atoms with Crippen molar-refractivity contribution in [1.29, 1.82) is 0 Å². The van der Waals surface area contributed by atoms with E-state index in [-0.39, 0.29) is 17.7 Å². The van der Waals surface area contributed by atoms with Gasteiger partial charge in [0.2, 0.25) is 11.8 Å². The number of thiazole rings is 1. The van der Waals surface area contributed by atoms with Gasteiger partial charge in [0.25, 0.3) is 0 Å². The Morgan fingerprint density at radius 3 is 2.89 bits per heavy atom. The van der Waals surface area contributed by atoms with Crippen LogP contribution in [0.1, 0.15) is 38.2 Å². The minimum atomic E-state index is -0.491. The Bertz CT molecular complexity index is 858. The lowest BCUT2D eigenvalue weighted by Gasteiger charge is -2.22. The highest BCUT2D eigenvalue weighted by Gasteiger charge is 2.31. The summed E-state index contributed by atoms with van der Waals surface area (Å²) >= 11 is 1.40. The van der Waals surface area contributed by atoms with Gasteiger partial charge < -0.3 is 15.4 Å². The lowest BCUT2D eigenvalue weighted by atomic mass is 9.97. The third kappa shape index (κ3) is 3.98. The maximum atomic E-state index is 12.8. The van der Waals surface area contributed by atoms with Gasteiger partial charge in [-0.3, -0.25) is 9.59 Å². The van der Waals surface area contributed by atoms with E-state index in [0.717, 1.165) is 55.7 Å². The van der Waals surface area contributed by atoms with Gasteiger partial charge in [0.1, 0.15) is 11.8 Å². The average molecular weight is 385 g/mol. The van der Waals surface area contributed by atoms with Crippen molar-refractivity contribution >= 4 is 28.3 Å². The van der Waals surface area contributed by atoms with Crippen molar-refractivity contribution in [2.75, 3.05) is 11.9 Å². The fraction of sp³-hybridized carbons (Fsp3) is 0.450. The molecule has 4 rings (SSSR count). The second kappa shape index (κ2) is 7.68. The molecule has 2 aromatic rings. The van der Waals surface area contributed by atoms with Crippen LogP contribution in [0.4, 0.5) is 5.13 Å². The summed E-state index contributed by atoms with van der Waals surface area (Å²) < 4.78 is 5.54. The first-order valence-electron chi connectivity index (χ1n) is 9.40. The number of nitrogens with one attached hydrogen (secondary N) is 2. The number of hydrogen-bond acceptors (Lipinski definition) is 5.